The molecule has 4 nitrogen and oxygen atoms in total. The molecule has 6 aromatic carbocycles. The van der Waals surface area contributed by atoms with Gasteiger partial charge in [-0.1, -0.05) is 189 Å². The van der Waals surface area contributed by atoms with Gasteiger partial charge in [0.25, 0.3) is 0 Å². The van der Waals surface area contributed by atoms with Crippen LogP contribution in [0.15, 0.2) is 182 Å². The molecular weight excluding hydrogens is 704 g/mol. The van der Waals surface area contributed by atoms with E-state index in [0.29, 0.717) is 11.5 Å². The quantitative estimate of drug-likeness (QED) is 0.0660. The number of thiol groups is 1. The van der Waals surface area contributed by atoms with Crippen LogP contribution in [-0.4, -0.2) is 33.7 Å². The molecule has 0 spiro atoms. The summed E-state index contributed by atoms with van der Waals surface area (Å²) < 4.78 is -0.431. The Kier molecular flexibility index (Phi) is 17.3. The number of thioether (sulfide) groups is 1. The SMILES string of the molecule is C.ClC(c1ccccc1)(c1ccccc1)c1ccccc1.O=C(O)CCS.O=C(O)CCSC(c1ccccc1)(c1ccccc1)c1ccccc1. The summed E-state index contributed by atoms with van der Waals surface area (Å²) in [5, 5.41) is 17.0. The van der Waals surface area contributed by atoms with E-state index in [9.17, 15) is 9.59 Å². The highest BCUT2D eigenvalue weighted by molar-refractivity contribution is 8.00. The average Bonchev–Trinajstić information content (AvgIpc) is 3.19. The van der Waals surface area contributed by atoms with Crippen LogP contribution in [0, 0.1) is 0 Å². The zero-order valence-electron chi connectivity index (χ0n) is 28.1. The summed E-state index contributed by atoms with van der Waals surface area (Å²) in [6, 6.07) is 61.6. The Morgan fingerprint density at radius 2 is 0.731 bits per heavy atom. The van der Waals surface area contributed by atoms with Crippen molar-refractivity contribution in [3.05, 3.63) is 215 Å². The Morgan fingerprint density at radius 1 is 0.481 bits per heavy atom. The topological polar surface area (TPSA) is 74.6 Å². The molecule has 0 saturated carbocycles. The minimum absolute atomic E-state index is 0. The number of hydrogen-bond acceptors (Lipinski definition) is 4. The van der Waals surface area contributed by atoms with Gasteiger partial charge in [-0.05, 0) is 33.4 Å². The second-order valence-corrected chi connectivity index (χ2v) is 13.7. The lowest BCUT2D eigenvalue weighted by Crippen LogP contribution is -2.26. The second kappa shape index (κ2) is 21.6. The second-order valence-electron chi connectivity index (χ2n) is 11.4. The number of hydrogen-bond donors (Lipinski definition) is 3. The number of rotatable bonds is 12. The van der Waals surface area contributed by atoms with E-state index >= 15 is 0 Å². The molecular formula is C45H45ClO4S2. The molecule has 6 rings (SSSR count). The van der Waals surface area contributed by atoms with Crippen LogP contribution in [0.1, 0.15) is 53.6 Å². The fourth-order valence-electron chi connectivity index (χ4n) is 5.66. The molecule has 0 aliphatic carbocycles. The van der Waals surface area contributed by atoms with Gasteiger partial charge in [-0.3, -0.25) is 9.59 Å². The molecule has 0 aliphatic heterocycles. The van der Waals surface area contributed by atoms with E-state index in [0.717, 1.165) is 33.4 Å². The Labute approximate surface area is 323 Å². The molecule has 0 aliphatic rings. The summed E-state index contributed by atoms with van der Waals surface area (Å²) in [5.74, 6) is -0.593. The van der Waals surface area contributed by atoms with E-state index in [1.165, 1.54) is 0 Å². The van der Waals surface area contributed by atoms with Gasteiger partial charge in [-0.15, -0.1) is 23.4 Å². The molecule has 0 heterocycles. The maximum Gasteiger partial charge on any atom is 0.304 e. The largest absolute Gasteiger partial charge is 0.481 e. The van der Waals surface area contributed by atoms with Crippen molar-refractivity contribution in [3.8, 4) is 0 Å². The first-order valence-corrected chi connectivity index (χ1v) is 18.5. The van der Waals surface area contributed by atoms with Crippen molar-refractivity contribution in [2.24, 2.45) is 0 Å². The molecule has 0 unspecified atom stereocenters. The van der Waals surface area contributed by atoms with E-state index < -0.39 is 21.6 Å². The fraction of sp³-hybridized carbons (Fsp3) is 0.156. The molecule has 0 amide bonds. The number of carbonyl (C=O) groups is 2. The summed E-state index contributed by atoms with van der Waals surface area (Å²) in [6.45, 7) is 0. The van der Waals surface area contributed by atoms with E-state index in [1.807, 2.05) is 109 Å². The van der Waals surface area contributed by atoms with Gasteiger partial charge in [0.1, 0.15) is 4.87 Å². The first-order valence-electron chi connectivity index (χ1n) is 16.5. The van der Waals surface area contributed by atoms with Crippen LogP contribution in [0.3, 0.4) is 0 Å². The lowest BCUT2D eigenvalue weighted by atomic mass is 9.84. The minimum Gasteiger partial charge on any atom is -0.481 e. The molecule has 0 saturated heterocycles. The number of benzene rings is 6. The van der Waals surface area contributed by atoms with Crippen LogP contribution in [0.4, 0.5) is 0 Å². The summed E-state index contributed by atoms with van der Waals surface area (Å²) in [7, 11) is 0. The Morgan fingerprint density at radius 3 is 0.942 bits per heavy atom. The van der Waals surface area contributed by atoms with Crippen LogP contribution < -0.4 is 0 Å². The number of carboxylic acid groups (broad SMARTS) is 2. The zero-order chi connectivity index (χ0) is 36.4. The van der Waals surface area contributed by atoms with Gasteiger partial charge < -0.3 is 10.2 Å². The van der Waals surface area contributed by atoms with Crippen molar-refractivity contribution in [2.75, 3.05) is 11.5 Å². The first-order chi connectivity index (χ1) is 24.8. The average molecular weight is 749 g/mol. The van der Waals surface area contributed by atoms with Gasteiger partial charge in [0.2, 0.25) is 0 Å². The molecule has 0 bridgehead atoms. The zero-order valence-corrected chi connectivity index (χ0v) is 30.6. The van der Waals surface area contributed by atoms with Crippen molar-refractivity contribution in [2.45, 2.75) is 29.9 Å². The number of alkyl halides is 1. The minimum atomic E-state index is -0.787. The highest BCUT2D eigenvalue weighted by Crippen LogP contribution is 2.48. The third kappa shape index (κ3) is 11.1. The summed E-state index contributed by atoms with van der Waals surface area (Å²) in [5.41, 5.74) is 6.71. The maximum absolute atomic E-state index is 11.1. The van der Waals surface area contributed by atoms with Crippen molar-refractivity contribution in [1.82, 2.24) is 0 Å². The molecule has 2 N–H and O–H groups in total. The van der Waals surface area contributed by atoms with Crippen LogP contribution in [-0.2, 0) is 19.2 Å². The molecule has 0 aromatic heterocycles. The Hall–Kier alpha value is -4.75. The van der Waals surface area contributed by atoms with Crippen LogP contribution in [0.5, 0.6) is 0 Å². The van der Waals surface area contributed by atoms with Crippen molar-refractivity contribution < 1.29 is 19.8 Å². The van der Waals surface area contributed by atoms with E-state index in [1.54, 1.807) is 11.8 Å². The van der Waals surface area contributed by atoms with Gasteiger partial charge in [0, 0.05) is 11.5 Å². The highest BCUT2D eigenvalue weighted by atomic mass is 35.5. The standard InChI is InChI=1S/C22H20O2S.C19H15Cl.C3H6O2S.CH4/c23-21(24)16-17-25-22(18-10-4-1-5-11-18,19-12-6-2-7-13-19)20-14-8-3-9-15-20;20-19(16-10-4-1-5-11-16,17-12-6-2-7-13-17)18-14-8-3-9-15-18;4-3(5)1-2-6;/h1-15H,16-17H2,(H,23,24);1-15H;6H,1-2H2,(H,4,5);1H4. The first kappa shape index (κ1) is 41.7. The van der Waals surface area contributed by atoms with Crippen molar-refractivity contribution in [3.63, 3.8) is 0 Å². The Bertz CT molecular complexity index is 1680. The van der Waals surface area contributed by atoms with Crippen molar-refractivity contribution >= 4 is 47.9 Å². The molecule has 0 atom stereocenters. The van der Waals surface area contributed by atoms with Gasteiger partial charge in [-0.2, -0.15) is 12.6 Å². The predicted molar refractivity (Wildman–Crippen MR) is 222 cm³/mol. The van der Waals surface area contributed by atoms with Gasteiger partial charge in [0.05, 0.1) is 17.6 Å². The predicted octanol–water partition coefficient (Wildman–Crippen LogP) is 11.4. The summed E-state index contributed by atoms with van der Waals surface area (Å²) in [4.78, 5) is 20.0. The third-order valence-electron chi connectivity index (χ3n) is 8.02. The van der Waals surface area contributed by atoms with Gasteiger partial charge in [0.15, 0.2) is 0 Å². The molecule has 6 aromatic rings. The van der Waals surface area contributed by atoms with Gasteiger partial charge >= 0.3 is 11.9 Å². The van der Waals surface area contributed by atoms with Crippen LogP contribution in [0.25, 0.3) is 0 Å². The normalized spacial score (nSPS) is 10.7. The van der Waals surface area contributed by atoms with Crippen LogP contribution >= 0.6 is 36.0 Å². The Balaban J connectivity index is 0.000000242. The number of aliphatic carboxylic acids is 2. The van der Waals surface area contributed by atoms with E-state index in [-0.39, 0.29) is 20.3 Å². The third-order valence-corrected chi connectivity index (χ3v) is 10.4. The highest BCUT2D eigenvalue weighted by Gasteiger charge is 2.37. The molecule has 52 heavy (non-hydrogen) atoms. The molecule has 268 valence electrons. The maximum atomic E-state index is 11.1. The van der Waals surface area contributed by atoms with E-state index in [2.05, 4.69) is 85.4 Å². The number of halogens is 1. The van der Waals surface area contributed by atoms with E-state index in [4.69, 9.17) is 21.8 Å². The molecule has 0 fully saturated rings. The number of carboxylic acids is 2. The summed E-state index contributed by atoms with van der Waals surface area (Å²) in [6.07, 6.45) is 0.294. The lowest BCUT2D eigenvalue weighted by Gasteiger charge is -2.35. The van der Waals surface area contributed by atoms with Crippen molar-refractivity contribution in [1.29, 1.82) is 0 Å². The monoisotopic (exact) mass is 748 g/mol. The van der Waals surface area contributed by atoms with Crippen LogP contribution in [0.2, 0.25) is 0 Å². The smallest absolute Gasteiger partial charge is 0.304 e. The summed E-state index contributed by atoms with van der Waals surface area (Å²) >= 11 is 12.5. The lowest BCUT2D eigenvalue weighted by molar-refractivity contribution is -0.137. The fourth-order valence-corrected chi connectivity index (χ4v) is 7.72. The molecule has 7 heteroatoms. The van der Waals surface area contributed by atoms with Gasteiger partial charge in [-0.25, -0.2) is 0 Å². The molecule has 0 radical (unpaired) electrons.